The molecule has 4 aromatic rings. The molecule has 2 fully saturated rings. The Morgan fingerprint density at radius 3 is 1.71 bits per heavy atom. The summed E-state index contributed by atoms with van der Waals surface area (Å²) in [6.07, 6.45) is -9.48. The second-order valence-electron chi connectivity index (χ2n) is 13.3. The number of aromatic nitrogens is 5. The minimum Gasteiger partial charge on any atom is -0.397 e. The summed E-state index contributed by atoms with van der Waals surface area (Å²) in [5, 5.41) is 38.0. The third-order valence-electron chi connectivity index (χ3n) is 8.77. The lowest BCUT2D eigenvalue weighted by Crippen LogP contribution is -2.37. The van der Waals surface area contributed by atoms with Gasteiger partial charge in [-0.3, -0.25) is 9.05 Å². The molecule has 14 N–H and O–H groups in total. The van der Waals surface area contributed by atoms with Crippen molar-refractivity contribution in [2.75, 3.05) is 24.7 Å². The van der Waals surface area contributed by atoms with E-state index in [1.807, 2.05) is 0 Å². The summed E-state index contributed by atoms with van der Waals surface area (Å²) in [6.45, 7) is -0.916. The highest BCUT2D eigenvalue weighted by Gasteiger charge is 2.60. The van der Waals surface area contributed by atoms with Gasteiger partial charge in [0.25, 0.3) is 0 Å². The molecule has 0 spiro atoms. The largest absolute Gasteiger partial charge is 0.490 e. The second kappa shape index (κ2) is 18.8. The molecule has 6 rings (SSSR count). The first-order chi connectivity index (χ1) is 29.7. The second-order valence-corrected chi connectivity index (χ2v) is 22.1. The van der Waals surface area contributed by atoms with Crippen molar-refractivity contribution in [1.82, 2.24) is 24.2 Å². The van der Waals surface area contributed by atoms with E-state index < -0.39 is 108 Å². The standard InChI is InChI=1S/C13H16FN4O12P3.C12H18FN4O12P3/c14-12-11(19)9(5-27-32(23,24)30-33(25,26)29-31(20,21)22)28-13(12,6-15)10-2-1-8-7(16)3-4-17-18(8)10;1-12(8-3-2-6-11(14)15-5-16-17(6)8)10(13)9(18)7(27-12)4-26-31(22,23)29-32(24,25)28-30(19,20)21/h1-4,9,11-12,19H,5,16H2,(H,23,24)(H,25,26)(H2,20,21,22);2-3,5,7,9-10,18H,4H2,1H3,(H,22,23)(H,24,25)(H2,14,15,16)(H2,19,20,21)/t9-,11-,12-,13+;7-,9-,10-,12+/m11/s1. The van der Waals surface area contributed by atoms with Gasteiger partial charge in [-0.1, -0.05) is 0 Å². The molecule has 4 aromatic heterocycles. The van der Waals surface area contributed by atoms with Crippen molar-refractivity contribution < 1.29 is 121 Å². The smallest absolute Gasteiger partial charge is 0.397 e. The summed E-state index contributed by atoms with van der Waals surface area (Å²) in [5.74, 6) is 0.0908. The number of nitriles is 1. The van der Waals surface area contributed by atoms with Crippen LogP contribution in [0.1, 0.15) is 18.3 Å². The molecule has 0 aliphatic carbocycles. The highest BCUT2D eigenvalue weighted by Crippen LogP contribution is 2.67. The number of hydrogen-bond acceptors (Lipinski definition) is 22. The molecule has 2 aliphatic heterocycles. The van der Waals surface area contributed by atoms with Crippen LogP contribution in [0.2, 0.25) is 0 Å². The molecule has 12 atom stereocenters. The first-order valence-corrected chi connectivity index (χ1v) is 26.0. The molecule has 2 saturated heterocycles. The maximum absolute atomic E-state index is 15.1. The minimum absolute atomic E-state index is 0.0908. The molecule has 0 bridgehead atoms. The average molecular weight is 1050 g/mol. The van der Waals surface area contributed by atoms with Crippen molar-refractivity contribution >= 4 is 69.5 Å². The van der Waals surface area contributed by atoms with E-state index in [1.165, 1.54) is 48.0 Å². The molecule has 0 aromatic carbocycles. The van der Waals surface area contributed by atoms with Crippen LogP contribution in [-0.2, 0) is 74.4 Å². The van der Waals surface area contributed by atoms with Gasteiger partial charge in [0, 0.05) is 6.20 Å². The fourth-order valence-corrected chi connectivity index (χ4v) is 12.2. The number of aliphatic hydroxyl groups is 2. The van der Waals surface area contributed by atoms with Gasteiger partial charge in [0.15, 0.2) is 18.2 Å². The quantitative estimate of drug-likeness (QED) is 0.0659. The van der Waals surface area contributed by atoms with E-state index >= 15 is 8.78 Å². The van der Waals surface area contributed by atoms with Gasteiger partial charge in [0.2, 0.25) is 5.60 Å². The van der Waals surface area contributed by atoms with Gasteiger partial charge in [0.05, 0.1) is 35.8 Å². The number of halogens is 2. The minimum atomic E-state index is -5.78. The van der Waals surface area contributed by atoms with E-state index in [2.05, 4.69) is 41.5 Å². The van der Waals surface area contributed by atoms with Crippen LogP contribution in [0.4, 0.5) is 20.3 Å². The summed E-state index contributed by atoms with van der Waals surface area (Å²) in [7, 11) is -33.7. The molecule has 0 saturated carbocycles. The van der Waals surface area contributed by atoms with Crippen molar-refractivity contribution in [2.24, 2.45) is 0 Å². The highest BCUT2D eigenvalue weighted by molar-refractivity contribution is 7.67. The zero-order valence-corrected chi connectivity index (χ0v) is 37.3. The molecule has 4 unspecified atom stereocenters. The summed E-state index contributed by atoms with van der Waals surface area (Å²) >= 11 is 0. The normalized spacial score (nSPS) is 29.8. The monoisotopic (exact) mass is 1050 g/mol. The Labute approximate surface area is 359 Å². The molecule has 2 aliphatic rings. The van der Waals surface area contributed by atoms with E-state index in [1.54, 1.807) is 6.07 Å². The molecular weight excluding hydrogens is 1020 g/mol. The van der Waals surface area contributed by atoms with E-state index in [0.29, 0.717) is 11.0 Å². The zero-order valence-electron chi connectivity index (χ0n) is 31.9. The topological polar surface area (TPSA) is 502 Å². The number of anilines is 2. The van der Waals surface area contributed by atoms with Crippen LogP contribution in [0.3, 0.4) is 0 Å². The summed E-state index contributed by atoms with van der Waals surface area (Å²) < 4.78 is 134. The molecule has 6 heterocycles. The lowest BCUT2D eigenvalue weighted by Gasteiger charge is -2.26. The van der Waals surface area contributed by atoms with E-state index in [0.717, 1.165) is 10.8 Å². The number of ether oxygens (including phenoxy) is 2. The number of nitrogen functional groups attached to an aromatic ring is 2. The molecule has 0 amide bonds. The Kier molecular flexibility index (Phi) is 15.3. The number of nitrogens with zero attached hydrogens (tertiary/aromatic N) is 6. The highest BCUT2D eigenvalue weighted by atomic mass is 31.3. The number of hydrogen-bond donors (Lipinski definition) is 12. The van der Waals surface area contributed by atoms with E-state index in [9.17, 15) is 52.7 Å². The lowest BCUT2D eigenvalue weighted by molar-refractivity contribution is -0.0770. The summed E-state index contributed by atoms with van der Waals surface area (Å²) in [5.41, 5.74) is 8.05. The predicted octanol–water partition coefficient (Wildman–Crippen LogP) is 0.0443. The summed E-state index contributed by atoms with van der Waals surface area (Å²) in [6, 6.07) is 8.63. The average Bonchev–Trinajstić information content (AvgIpc) is 3.89. The maximum atomic E-state index is 15.1. The van der Waals surface area contributed by atoms with Crippen molar-refractivity contribution in [3.05, 3.63) is 54.2 Å². The van der Waals surface area contributed by atoms with Gasteiger partial charge < -0.3 is 70.3 Å². The molecular formula is C25H34F2N8O24P6. The lowest BCUT2D eigenvalue weighted by atomic mass is 9.94. The Balaban J connectivity index is 0.000000244. The van der Waals surface area contributed by atoms with Crippen LogP contribution in [0, 0.1) is 11.3 Å². The van der Waals surface area contributed by atoms with Gasteiger partial charge in [-0.2, -0.15) is 32.7 Å². The molecule has 362 valence electrons. The number of phosphoric acid groups is 6. The molecule has 0 radical (unpaired) electrons. The molecule has 40 heteroatoms. The Morgan fingerprint density at radius 2 is 1.18 bits per heavy atom. The number of aliphatic hydroxyl groups excluding tert-OH is 2. The van der Waals surface area contributed by atoms with Gasteiger partial charge in [-0.15, -0.1) is 0 Å². The van der Waals surface area contributed by atoms with Crippen molar-refractivity contribution in [3.63, 3.8) is 0 Å². The Hall–Kier alpha value is -3.08. The van der Waals surface area contributed by atoms with Crippen LogP contribution in [-0.4, -0.2) is 124 Å². The zero-order chi connectivity index (χ0) is 48.9. The number of nitrogens with two attached hydrogens (primary N) is 2. The van der Waals surface area contributed by atoms with Crippen molar-refractivity contribution in [1.29, 1.82) is 5.26 Å². The Bertz CT molecular complexity index is 2770. The van der Waals surface area contributed by atoms with Gasteiger partial charge in [0.1, 0.15) is 47.9 Å². The fraction of sp³-hybridized carbons (Fsp3) is 0.440. The number of phosphoric ester groups is 2. The van der Waals surface area contributed by atoms with Gasteiger partial charge in [-0.05, 0) is 37.3 Å². The van der Waals surface area contributed by atoms with Gasteiger partial charge in [-0.25, -0.2) is 50.2 Å². The van der Waals surface area contributed by atoms with Crippen molar-refractivity contribution in [3.8, 4) is 6.07 Å². The van der Waals surface area contributed by atoms with Crippen LogP contribution >= 0.6 is 46.9 Å². The number of rotatable bonds is 16. The predicted molar refractivity (Wildman–Crippen MR) is 203 cm³/mol. The molecule has 32 nitrogen and oxygen atoms in total. The Morgan fingerprint density at radius 1 is 0.708 bits per heavy atom. The van der Waals surface area contributed by atoms with Crippen LogP contribution < -0.4 is 11.5 Å². The van der Waals surface area contributed by atoms with E-state index in [-0.39, 0.29) is 22.9 Å². The molecule has 65 heavy (non-hydrogen) atoms. The first kappa shape index (κ1) is 52.9. The van der Waals surface area contributed by atoms with Crippen molar-refractivity contribution in [2.45, 2.75) is 54.9 Å². The maximum Gasteiger partial charge on any atom is 0.490 e. The number of fused-ring (bicyclic) bond motifs is 2. The fourth-order valence-electron chi connectivity index (χ4n) is 6.17. The first-order valence-electron chi connectivity index (χ1n) is 16.9. The SMILES string of the molecule is C[C@@]1(c2ccc3c(N)ncnn23)O[C@H](COP(=O)(O)OP(=O)(O)OP(=O)(O)O)[C@@H](O)[C@H]1F.N#C[C@@]1(c2ccc3c(N)ccnn23)O[C@H](COP(=O)(O)OP(=O)(O)OP(=O)(O)O)[C@@H](O)[C@H]1F. The van der Waals surface area contributed by atoms with E-state index in [4.69, 9.17) is 50.3 Å². The summed E-state index contributed by atoms with van der Waals surface area (Å²) in [4.78, 5) is 75.2. The van der Waals surface area contributed by atoms with Gasteiger partial charge >= 0.3 is 46.9 Å². The third-order valence-corrected chi connectivity index (χ3v) is 16.4. The van der Waals surface area contributed by atoms with Crippen LogP contribution in [0.25, 0.3) is 11.0 Å². The third kappa shape index (κ3) is 12.2. The number of alkyl halides is 2. The van der Waals surface area contributed by atoms with Crippen LogP contribution in [0.15, 0.2) is 42.9 Å². The van der Waals surface area contributed by atoms with Crippen LogP contribution in [0.5, 0.6) is 0 Å².